The van der Waals surface area contributed by atoms with Crippen molar-refractivity contribution in [2.24, 2.45) is 0 Å². The molecule has 0 aromatic heterocycles. The van der Waals surface area contributed by atoms with E-state index in [4.69, 9.17) is 0 Å². The van der Waals surface area contributed by atoms with Gasteiger partial charge in [0.2, 0.25) is 0 Å². The smallest absolute Gasteiger partial charge is 0.0384 e. The highest BCUT2D eigenvalue weighted by Gasteiger charge is 2.00. The van der Waals surface area contributed by atoms with Gasteiger partial charge in [0.1, 0.15) is 0 Å². The van der Waals surface area contributed by atoms with Crippen molar-refractivity contribution in [3.8, 4) is 0 Å². The Morgan fingerprint density at radius 1 is 1.50 bits per heavy atom. The first-order chi connectivity index (χ1) is 5.75. The van der Waals surface area contributed by atoms with Gasteiger partial charge in [-0.3, -0.25) is 4.21 Å². The monoisotopic (exact) mass is 201 g/mol. The molecule has 0 aliphatic carbocycles. The zero-order valence-corrected chi connectivity index (χ0v) is 8.28. The summed E-state index contributed by atoms with van der Waals surface area (Å²) in [7, 11) is 0. The summed E-state index contributed by atoms with van der Waals surface area (Å²) in [5.74, 6) is 0.883. The molecule has 0 spiro atoms. The summed E-state index contributed by atoms with van der Waals surface area (Å²) < 4.78 is 21.4. The van der Waals surface area contributed by atoms with E-state index < -0.39 is 11.1 Å². The largest absolute Gasteiger partial charge is 0.768 e. The minimum atomic E-state index is -2.11. The van der Waals surface area contributed by atoms with Crippen LogP contribution in [0.3, 0.4) is 0 Å². The zero-order valence-electron chi connectivity index (χ0n) is 6.65. The van der Waals surface area contributed by atoms with Crippen LogP contribution in [-0.2, 0) is 11.1 Å². The predicted molar refractivity (Wildman–Crippen MR) is 50.0 cm³/mol. The molecular weight excluding hydrogens is 192 g/mol. The van der Waals surface area contributed by atoms with Gasteiger partial charge in [-0.15, -0.1) is 11.8 Å². The van der Waals surface area contributed by atoms with Gasteiger partial charge < -0.3 is 4.55 Å². The van der Waals surface area contributed by atoms with Crippen LogP contribution in [0.5, 0.6) is 0 Å². The third-order valence-corrected chi connectivity index (χ3v) is 3.13. The molecule has 0 N–H and O–H groups in total. The fraction of sp³-hybridized carbons (Fsp3) is 0.250. The van der Waals surface area contributed by atoms with Gasteiger partial charge in [0, 0.05) is 9.79 Å². The van der Waals surface area contributed by atoms with E-state index in [1.54, 1.807) is 12.1 Å². The summed E-state index contributed by atoms with van der Waals surface area (Å²) in [6.07, 6.45) is 0. The highest BCUT2D eigenvalue weighted by atomic mass is 32.2. The van der Waals surface area contributed by atoms with E-state index in [1.807, 2.05) is 19.1 Å². The number of rotatable bonds is 3. The minimum Gasteiger partial charge on any atom is -0.768 e. The number of hydrogen-bond acceptors (Lipinski definition) is 3. The molecule has 0 aliphatic rings. The van der Waals surface area contributed by atoms with Crippen LogP contribution in [0, 0.1) is 0 Å². The molecule has 1 atom stereocenters. The Morgan fingerprint density at radius 2 is 2.17 bits per heavy atom. The van der Waals surface area contributed by atoms with Crippen LogP contribution in [0.1, 0.15) is 6.92 Å². The second kappa shape index (κ2) is 4.64. The lowest BCUT2D eigenvalue weighted by molar-refractivity contribution is 0.535. The van der Waals surface area contributed by atoms with E-state index >= 15 is 0 Å². The molecule has 1 aromatic rings. The van der Waals surface area contributed by atoms with Crippen molar-refractivity contribution < 1.29 is 8.76 Å². The molecular formula is C8H9O2S2-. The lowest BCUT2D eigenvalue weighted by atomic mass is 10.4. The molecule has 1 unspecified atom stereocenters. The summed E-state index contributed by atoms with van der Waals surface area (Å²) >= 11 is -0.576. The summed E-state index contributed by atoms with van der Waals surface area (Å²) in [5, 5.41) is 0. The zero-order chi connectivity index (χ0) is 8.97. The van der Waals surface area contributed by atoms with Crippen molar-refractivity contribution in [2.75, 3.05) is 5.75 Å². The van der Waals surface area contributed by atoms with Crippen molar-refractivity contribution in [2.45, 2.75) is 16.7 Å². The predicted octanol–water partition coefficient (Wildman–Crippen LogP) is 2.04. The van der Waals surface area contributed by atoms with Crippen LogP contribution in [0.2, 0.25) is 0 Å². The third-order valence-electron chi connectivity index (χ3n) is 1.33. The molecule has 1 rings (SSSR count). The second-order valence-corrected chi connectivity index (χ2v) is 4.33. The summed E-state index contributed by atoms with van der Waals surface area (Å²) in [6.45, 7) is 2.00. The summed E-state index contributed by atoms with van der Waals surface area (Å²) in [5.41, 5.74) is 0. The highest BCUT2D eigenvalue weighted by molar-refractivity contribution is 7.99. The van der Waals surface area contributed by atoms with E-state index in [2.05, 4.69) is 0 Å². The van der Waals surface area contributed by atoms with Crippen molar-refractivity contribution in [1.82, 2.24) is 0 Å². The van der Waals surface area contributed by atoms with E-state index in [9.17, 15) is 8.76 Å². The van der Waals surface area contributed by atoms with Gasteiger partial charge in [-0.05, 0) is 29.0 Å². The van der Waals surface area contributed by atoms with Gasteiger partial charge in [0.25, 0.3) is 0 Å². The first-order valence-electron chi connectivity index (χ1n) is 3.56. The van der Waals surface area contributed by atoms with Crippen LogP contribution >= 0.6 is 11.8 Å². The Bertz CT molecular complexity index is 286. The van der Waals surface area contributed by atoms with Gasteiger partial charge in [-0.25, -0.2) is 0 Å². The Labute approximate surface area is 78.7 Å². The van der Waals surface area contributed by atoms with E-state index in [-0.39, 0.29) is 0 Å². The molecule has 0 bridgehead atoms. The van der Waals surface area contributed by atoms with E-state index in [0.717, 1.165) is 10.6 Å². The quantitative estimate of drug-likeness (QED) is 0.555. The standard InChI is InChI=1S/C8H10O2S2/c1-2-11-7-5-3-4-6-8(7)12(9)10/h3-6H,2H2,1H3,(H,9,10)/p-1. The van der Waals surface area contributed by atoms with E-state index in [0.29, 0.717) is 4.90 Å². The first-order valence-corrected chi connectivity index (χ1v) is 5.63. The summed E-state index contributed by atoms with van der Waals surface area (Å²) in [4.78, 5) is 1.22. The van der Waals surface area contributed by atoms with Crippen molar-refractivity contribution >= 4 is 22.8 Å². The fourth-order valence-corrected chi connectivity index (χ4v) is 2.36. The second-order valence-electron chi connectivity index (χ2n) is 2.11. The van der Waals surface area contributed by atoms with E-state index in [1.165, 1.54) is 11.8 Å². The molecule has 0 aliphatic heterocycles. The van der Waals surface area contributed by atoms with Crippen molar-refractivity contribution in [1.29, 1.82) is 0 Å². The normalized spacial score (nSPS) is 12.8. The Balaban J connectivity index is 3.00. The van der Waals surface area contributed by atoms with Gasteiger partial charge in [0.05, 0.1) is 0 Å². The molecule has 0 heterocycles. The minimum absolute atomic E-state index is 0.393. The fourth-order valence-electron chi connectivity index (χ4n) is 0.863. The Morgan fingerprint density at radius 3 is 2.75 bits per heavy atom. The molecule has 4 heteroatoms. The van der Waals surface area contributed by atoms with Gasteiger partial charge in [-0.1, -0.05) is 19.1 Å². The molecule has 0 fully saturated rings. The lowest BCUT2D eigenvalue weighted by Crippen LogP contribution is -1.91. The Hall–Kier alpha value is -0.320. The van der Waals surface area contributed by atoms with Crippen molar-refractivity contribution in [3.63, 3.8) is 0 Å². The molecule has 2 nitrogen and oxygen atoms in total. The molecule has 12 heavy (non-hydrogen) atoms. The first kappa shape index (κ1) is 9.77. The third kappa shape index (κ3) is 2.33. The SMILES string of the molecule is CCSc1ccccc1S(=O)[O-]. The number of hydrogen-bond donors (Lipinski definition) is 0. The molecule has 1 aromatic carbocycles. The lowest BCUT2D eigenvalue weighted by Gasteiger charge is -2.09. The van der Waals surface area contributed by atoms with Gasteiger partial charge in [-0.2, -0.15) is 0 Å². The van der Waals surface area contributed by atoms with Gasteiger partial charge >= 0.3 is 0 Å². The Kier molecular flexibility index (Phi) is 3.78. The van der Waals surface area contributed by atoms with Crippen LogP contribution in [0.4, 0.5) is 0 Å². The van der Waals surface area contributed by atoms with Crippen LogP contribution in [0.25, 0.3) is 0 Å². The molecule has 0 saturated carbocycles. The summed E-state index contributed by atoms with van der Waals surface area (Å²) in [6, 6.07) is 7.00. The molecule has 0 radical (unpaired) electrons. The maximum absolute atomic E-state index is 10.7. The molecule has 0 saturated heterocycles. The van der Waals surface area contributed by atoms with Crippen molar-refractivity contribution in [3.05, 3.63) is 24.3 Å². The number of benzene rings is 1. The highest BCUT2D eigenvalue weighted by Crippen LogP contribution is 2.23. The average Bonchev–Trinajstić information content (AvgIpc) is 2.05. The van der Waals surface area contributed by atoms with Crippen LogP contribution in [-0.4, -0.2) is 14.5 Å². The maximum atomic E-state index is 10.7. The molecule has 0 amide bonds. The number of thioether (sulfide) groups is 1. The topological polar surface area (TPSA) is 40.1 Å². The van der Waals surface area contributed by atoms with Gasteiger partial charge in [0.15, 0.2) is 0 Å². The van der Waals surface area contributed by atoms with Crippen LogP contribution < -0.4 is 0 Å². The molecule has 66 valence electrons. The maximum Gasteiger partial charge on any atom is 0.0384 e. The average molecular weight is 201 g/mol. The van der Waals surface area contributed by atoms with Crippen LogP contribution in [0.15, 0.2) is 34.1 Å².